The van der Waals surface area contributed by atoms with E-state index in [2.05, 4.69) is 15.5 Å². The Balaban J connectivity index is 0.000000867. The minimum Gasteiger partial charge on any atom is -0.505 e. The third kappa shape index (κ3) is 9.59. The maximum absolute atomic E-state index is 10.6. The number of hydrogen-bond acceptors (Lipinski definition) is 6. The monoisotopic (exact) mass is 447 g/mol. The molecule has 0 fully saturated rings. The van der Waals surface area contributed by atoms with Crippen molar-refractivity contribution in [2.75, 3.05) is 18.6 Å². The molecule has 0 amide bonds. The second-order valence-corrected chi connectivity index (χ2v) is 7.28. The molecule has 3 N–H and O–H groups in total. The largest absolute Gasteiger partial charge is 0.505 e. The van der Waals surface area contributed by atoms with Gasteiger partial charge in [0.2, 0.25) is 0 Å². The Hall–Kier alpha value is -2.97. The van der Waals surface area contributed by atoms with Gasteiger partial charge in [-0.2, -0.15) is 13.5 Å². The summed E-state index contributed by atoms with van der Waals surface area (Å²) in [6, 6.07) is 17.3. The van der Waals surface area contributed by atoms with Gasteiger partial charge in [0.15, 0.2) is 5.75 Å². The number of nitrogens with one attached hydrogen (secondary N) is 1. The van der Waals surface area contributed by atoms with Gasteiger partial charge in [-0.15, -0.1) is 5.11 Å². The number of benzene rings is 3. The van der Waals surface area contributed by atoms with Gasteiger partial charge in [-0.25, -0.2) is 0 Å². The highest BCUT2D eigenvalue weighted by Gasteiger charge is 2.12. The average Bonchev–Trinajstić information content (AvgIpc) is 2.75. The van der Waals surface area contributed by atoms with E-state index >= 15 is 0 Å². The average molecular weight is 448 g/mol. The van der Waals surface area contributed by atoms with E-state index in [1.165, 1.54) is 0 Å². The summed E-state index contributed by atoms with van der Waals surface area (Å²) in [5, 5.41) is 23.9. The molecule has 0 aromatic heterocycles. The lowest BCUT2D eigenvalue weighted by Crippen LogP contribution is -1.90. The van der Waals surface area contributed by atoms with Gasteiger partial charge in [0.25, 0.3) is 10.1 Å². The zero-order chi connectivity index (χ0) is 24.0. The van der Waals surface area contributed by atoms with Crippen LogP contribution < -0.4 is 5.32 Å². The molecule has 0 saturated carbocycles. The van der Waals surface area contributed by atoms with E-state index in [1.54, 1.807) is 0 Å². The standard InChI is InChI=1S/C18H17N3O.2C2H6.CH4O3S/c1-12-11-13-7-6-10-15(19-2)16(13)18(22)17(12)21-20-14-8-4-3-5-9-14;2*1-2;1-5(2,3)4/h3-11,19,22H,1-2H3;2*1-2H3;1H3,(H,2,3,4). The normalized spacial score (nSPS) is 10.2. The Morgan fingerprint density at radius 2 is 1.45 bits per heavy atom. The molecule has 0 aliphatic carbocycles. The summed E-state index contributed by atoms with van der Waals surface area (Å²) in [4.78, 5) is 0. The Kier molecular flexibility index (Phi) is 12.8. The zero-order valence-electron chi connectivity index (χ0n) is 19.2. The van der Waals surface area contributed by atoms with Crippen LogP contribution >= 0.6 is 0 Å². The van der Waals surface area contributed by atoms with E-state index in [1.807, 2.05) is 96.3 Å². The number of phenolic OH excluding ortho intramolecular Hbond substituents is 1. The highest BCUT2D eigenvalue weighted by molar-refractivity contribution is 7.85. The van der Waals surface area contributed by atoms with Crippen molar-refractivity contribution in [3.05, 3.63) is 60.2 Å². The Labute approximate surface area is 185 Å². The predicted molar refractivity (Wildman–Crippen MR) is 131 cm³/mol. The second-order valence-electron chi connectivity index (χ2n) is 5.81. The summed E-state index contributed by atoms with van der Waals surface area (Å²) in [5.74, 6) is 0.152. The van der Waals surface area contributed by atoms with Crippen LogP contribution in [0.4, 0.5) is 17.1 Å². The van der Waals surface area contributed by atoms with E-state index in [9.17, 15) is 13.5 Å². The van der Waals surface area contributed by atoms with Crippen molar-refractivity contribution < 1.29 is 18.1 Å². The maximum Gasteiger partial charge on any atom is 0.261 e. The van der Waals surface area contributed by atoms with Crippen molar-refractivity contribution >= 4 is 38.0 Å². The van der Waals surface area contributed by atoms with Crippen LogP contribution in [0.1, 0.15) is 33.3 Å². The van der Waals surface area contributed by atoms with E-state index in [-0.39, 0.29) is 5.75 Å². The van der Waals surface area contributed by atoms with Crippen molar-refractivity contribution in [1.82, 2.24) is 0 Å². The molecule has 0 unspecified atom stereocenters. The fourth-order valence-corrected chi connectivity index (χ4v) is 2.50. The lowest BCUT2D eigenvalue weighted by molar-refractivity contribution is 0.482. The first-order valence-electron chi connectivity index (χ1n) is 10.0. The number of rotatable bonds is 3. The summed E-state index contributed by atoms with van der Waals surface area (Å²) in [6.45, 7) is 9.92. The molecule has 3 aromatic rings. The zero-order valence-corrected chi connectivity index (χ0v) is 20.0. The number of aryl methyl sites for hydroxylation is 1. The van der Waals surface area contributed by atoms with Crippen LogP contribution in [-0.4, -0.2) is 31.4 Å². The van der Waals surface area contributed by atoms with E-state index in [4.69, 9.17) is 4.55 Å². The molecular weight excluding hydrogens is 414 g/mol. The number of phenols is 1. The summed E-state index contributed by atoms with van der Waals surface area (Å²) >= 11 is 0. The van der Waals surface area contributed by atoms with Gasteiger partial charge >= 0.3 is 0 Å². The lowest BCUT2D eigenvalue weighted by Gasteiger charge is -2.11. The van der Waals surface area contributed by atoms with Gasteiger partial charge in [-0.1, -0.05) is 58.0 Å². The Morgan fingerprint density at radius 1 is 0.903 bits per heavy atom. The van der Waals surface area contributed by atoms with Crippen LogP contribution in [0.3, 0.4) is 0 Å². The van der Waals surface area contributed by atoms with Crippen molar-refractivity contribution in [2.24, 2.45) is 10.2 Å². The fraction of sp³-hybridized carbons (Fsp3) is 0.304. The van der Waals surface area contributed by atoms with Gasteiger partial charge in [0.1, 0.15) is 5.69 Å². The van der Waals surface area contributed by atoms with Gasteiger partial charge in [-0.3, -0.25) is 4.55 Å². The smallest absolute Gasteiger partial charge is 0.261 e. The van der Waals surface area contributed by atoms with Gasteiger partial charge in [0, 0.05) is 18.1 Å². The van der Waals surface area contributed by atoms with Crippen LogP contribution in [0, 0.1) is 6.92 Å². The first kappa shape index (κ1) is 28.0. The van der Waals surface area contributed by atoms with Crippen LogP contribution in [0.5, 0.6) is 5.75 Å². The molecule has 0 bridgehead atoms. The molecule has 0 spiro atoms. The van der Waals surface area contributed by atoms with E-state index in [0.29, 0.717) is 11.9 Å². The highest BCUT2D eigenvalue weighted by atomic mass is 32.2. The Morgan fingerprint density at radius 3 is 1.97 bits per heavy atom. The third-order valence-electron chi connectivity index (χ3n) is 3.59. The molecule has 8 heteroatoms. The minimum absolute atomic E-state index is 0.152. The van der Waals surface area contributed by atoms with E-state index in [0.717, 1.165) is 27.7 Å². The molecule has 31 heavy (non-hydrogen) atoms. The minimum atomic E-state index is -3.67. The van der Waals surface area contributed by atoms with Crippen molar-refractivity contribution in [2.45, 2.75) is 34.6 Å². The molecule has 0 atom stereocenters. The molecular formula is C23H33N3O4S. The number of anilines is 1. The highest BCUT2D eigenvalue weighted by Crippen LogP contribution is 2.41. The SMILES string of the molecule is CC.CC.CNc1cccc2cc(C)c(N=Nc3ccccc3)c(O)c12.CS(=O)(=O)O. The van der Waals surface area contributed by atoms with Crippen molar-refractivity contribution in [3.8, 4) is 5.75 Å². The predicted octanol–water partition coefficient (Wildman–Crippen LogP) is 6.87. The fourth-order valence-electron chi connectivity index (χ4n) is 2.50. The number of azo groups is 1. The number of aromatic hydroxyl groups is 1. The van der Waals surface area contributed by atoms with Gasteiger partial charge < -0.3 is 10.4 Å². The second kappa shape index (κ2) is 14.1. The Bertz CT molecular complexity index is 1060. The van der Waals surface area contributed by atoms with Crippen molar-refractivity contribution in [3.63, 3.8) is 0 Å². The van der Waals surface area contributed by atoms with Crippen LogP contribution in [0.2, 0.25) is 0 Å². The van der Waals surface area contributed by atoms with Crippen LogP contribution in [-0.2, 0) is 10.1 Å². The quantitative estimate of drug-likeness (QED) is 0.300. The molecule has 0 radical (unpaired) electrons. The van der Waals surface area contributed by atoms with E-state index < -0.39 is 10.1 Å². The maximum atomic E-state index is 10.6. The lowest BCUT2D eigenvalue weighted by atomic mass is 10.0. The summed E-state index contributed by atoms with van der Waals surface area (Å²) < 4.78 is 25.9. The van der Waals surface area contributed by atoms with Crippen molar-refractivity contribution in [1.29, 1.82) is 0 Å². The van der Waals surface area contributed by atoms with Crippen LogP contribution in [0.25, 0.3) is 10.8 Å². The summed E-state index contributed by atoms with van der Waals surface area (Å²) in [6.07, 6.45) is 0.715. The first-order chi connectivity index (χ1) is 14.7. The molecule has 0 heterocycles. The van der Waals surface area contributed by atoms with Gasteiger partial charge in [-0.05, 0) is 42.1 Å². The summed E-state index contributed by atoms with van der Waals surface area (Å²) in [7, 11) is -1.83. The summed E-state index contributed by atoms with van der Waals surface area (Å²) in [5.41, 5.74) is 3.01. The molecule has 170 valence electrons. The number of nitrogens with zero attached hydrogens (tertiary/aromatic N) is 2. The van der Waals surface area contributed by atoms with Crippen LogP contribution in [0.15, 0.2) is 64.8 Å². The molecule has 3 rings (SSSR count). The van der Waals surface area contributed by atoms with Gasteiger partial charge in [0.05, 0.1) is 11.9 Å². The number of hydrogen-bond donors (Lipinski definition) is 3. The molecule has 3 aromatic carbocycles. The number of fused-ring (bicyclic) bond motifs is 1. The molecule has 0 aliphatic heterocycles. The molecule has 0 aliphatic rings. The third-order valence-corrected chi connectivity index (χ3v) is 3.59. The topological polar surface area (TPSA) is 111 Å². The molecule has 0 saturated heterocycles. The first-order valence-corrected chi connectivity index (χ1v) is 11.9. The molecule has 7 nitrogen and oxygen atoms in total.